The smallest absolute Gasteiger partial charge is 0.336 e. The molecule has 0 spiro atoms. The van der Waals surface area contributed by atoms with E-state index >= 15 is 0 Å². The molecule has 1 atom stereocenters. The molecule has 0 radical (unpaired) electrons. The third kappa shape index (κ3) is 5.80. The van der Waals surface area contributed by atoms with Crippen molar-refractivity contribution < 1.29 is 19.1 Å². The van der Waals surface area contributed by atoms with Gasteiger partial charge in [-0.1, -0.05) is 49.6 Å². The summed E-state index contributed by atoms with van der Waals surface area (Å²) in [5.74, 6) is -0.745. The van der Waals surface area contributed by atoms with E-state index in [9.17, 15) is 9.59 Å². The average Bonchev–Trinajstić information content (AvgIpc) is 2.79. The van der Waals surface area contributed by atoms with Gasteiger partial charge in [-0.3, -0.25) is 4.90 Å². The zero-order valence-electron chi connectivity index (χ0n) is 19.8. The molecule has 6 nitrogen and oxygen atoms in total. The maximum atomic E-state index is 13.3. The Morgan fingerprint density at radius 1 is 1.00 bits per heavy atom. The van der Waals surface area contributed by atoms with Gasteiger partial charge in [-0.25, -0.2) is 9.59 Å². The van der Waals surface area contributed by atoms with E-state index < -0.39 is 0 Å². The predicted molar refractivity (Wildman–Crippen MR) is 124 cm³/mol. The van der Waals surface area contributed by atoms with Gasteiger partial charge in [0.15, 0.2) is 0 Å². The molecule has 174 valence electrons. The second-order valence-corrected chi connectivity index (χ2v) is 8.93. The number of carbonyl (C=O) groups excluding carboxylic acids is 2. The van der Waals surface area contributed by atoms with Crippen molar-refractivity contribution in [1.29, 1.82) is 0 Å². The number of methoxy groups -OCH3 is 1. The molecule has 3 rings (SSSR count). The van der Waals surface area contributed by atoms with Gasteiger partial charge >= 0.3 is 11.9 Å². The van der Waals surface area contributed by atoms with Gasteiger partial charge in [-0.2, -0.15) is 0 Å². The average molecular weight is 441 g/mol. The summed E-state index contributed by atoms with van der Waals surface area (Å²) in [6.45, 7) is 5.50. The van der Waals surface area contributed by atoms with Crippen LogP contribution < -0.4 is 5.32 Å². The lowest BCUT2D eigenvalue weighted by Gasteiger charge is -2.36. The van der Waals surface area contributed by atoms with E-state index in [0.717, 1.165) is 43.6 Å². The Hall–Kier alpha value is -2.60. The summed E-state index contributed by atoms with van der Waals surface area (Å²) in [4.78, 5) is 28.1. The van der Waals surface area contributed by atoms with Gasteiger partial charge in [0.05, 0.1) is 18.3 Å². The predicted octanol–water partition coefficient (Wildman–Crippen LogP) is 4.18. The first-order chi connectivity index (χ1) is 15.4. The van der Waals surface area contributed by atoms with E-state index in [1.165, 1.54) is 19.1 Å². The Morgan fingerprint density at radius 3 is 2.25 bits per heavy atom. The number of likely N-dealkylation sites (N-methyl/N-ethyl adjacent to an activating group) is 1. The number of ether oxygens (including phenoxy) is 2. The second kappa shape index (κ2) is 11.3. The first-order valence-electron chi connectivity index (χ1n) is 11.6. The van der Waals surface area contributed by atoms with Gasteiger partial charge < -0.3 is 14.8 Å². The Labute approximate surface area is 191 Å². The fourth-order valence-corrected chi connectivity index (χ4v) is 4.98. The molecular formula is C26H36N2O4. The normalized spacial score (nSPS) is 19.7. The lowest BCUT2D eigenvalue weighted by atomic mass is 9.71. The fourth-order valence-electron chi connectivity index (χ4n) is 4.98. The van der Waals surface area contributed by atoms with Crippen molar-refractivity contribution in [3.05, 3.63) is 58.4 Å². The maximum Gasteiger partial charge on any atom is 0.336 e. The van der Waals surface area contributed by atoms with Crippen LogP contribution in [0.5, 0.6) is 0 Å². The molecule has 6 heteroatoms. The minimum absolute atomic E-state index is 0.244. The van der Waals surface area contributed by atoms with Crippen LogP contribution in [-0.4, -0.2) is 44.1 Å². The first-order valence-corrected chi connectivity index (χ1v) is 11.6. The molecule has 0 bridgehead atoms. The second-order valence-electron chi connectivity index (χ2n) is 8.93. The first kappa shape index (κ1) is 24.1. The highest BCUT2D eigenvalue weighted by Crippen LogP contribution is 2.42. The van der Waals surface area contributed by atoms with Crippen LogP contribution in [0, 0.1) is 11.8 Å². The number of benzene rings is 1. The summed E-state index contributed by atoms with van der Waals surface area (Å²) in [6, 6.07) is 10.2. The molecule has 1 N–H and O–H groups in total. The third-order valence-electron chi connectivity index (χ3n) is 6.55. The van der Waals surface area contributed by atoms with Crippen molar-refractivity contribution in [1.82, 2.24) is 10.2 Å². The quantitative estimate of drug-likeness (QED) is 0.612. The lowest BCUT2D eigenvalue weighted by Crippen LogP contribution is -2.38. The highest BCUT2D eigenvalue weighted by atomic mass is 16.5. The Morgan fingerprint density at radius 2 is 1.62 bits per heavy atom. The van der Waals surface area contributed by atoms with E-state index in [1.54, 1.807) is 0 Å². The van der Waals surface area contributed by atoms with E-state index in [-0.39, 0.29) is 23.8 Å². The van der Waals surface area contributed by atoms with Gasteiger partial charge in [-0.15, -0.1) is 0 Å². The largest absolute Gasteiger partial charge is 0.466 e. The topological polar surface area (TPSA) is 67.9 Å². The van der Waals surface area contributed by atoms with Crippen molar-refractivity contribution >= 4 is 11.9 Å². The van der Waals surface area contributed by atoms with Crippen molar-refractivity contribution in [3.63, 3.8) is 0 Å². The van der Waals surface area contributed by atoms with E-state index in [0.29, 0.717) is 24.3 Å². The van der Waals surface area contributed by atoms with Crippen LogP contribution in [0.25, 0.3) is 0 Å². The summed E-state index contributed by atoms with van der Waals surface area (Å²) in [7, 11) is 3.41. The zero-order valence-corrected chi connectivity index (χ0v) is 19.8. The van der Waals surface area contributed by atoms with E-state index in [2.05, 4.69) is 22.3 Å². The van der Waals surface area contributed by atoms with Crippen LogP contribution in [-0.2, 0) is 25.6 Å². The van der Waals surface area contributed by atoms with Crippen LogP contribution in [0.2, 0.25) is 0 Å². The summed E-state index contributed by atoms with van der Waals surface area (Å²) < 4.78 is 10.8. The molecule has 0 amide bonds. The molecular weight excluding hydrogens is 404 g/mol. The number of carbonyl (C=O) groups is 2. The summed E-state index contributed by atoms with van der Waals surface area (Å²) in [5.41, 5.74) is 3.90. The van der Waals surface area contributed by atoms with Gasteiger partial charge in [0.1, 0.15) is 6.61 Å². The number of nitrogens with zero attached hydrogens (tertiary/aromatic N) is 1. The minimum Gasteiger partial charge on any atom is -0.466 e. The molecule has 2 aliphatic rings. The summed E-state index contributed by atoms with van der Waals surface area (Å²) in [5, 5.41) is 3.22. The summed E-state index contributed by atoms with van der Waals surface area (Å²) in [6.07, 6.45) is 5.44. The Bertz CT molecular complexity index is 869. The van der Waals surface area contributed by atoms with Crippen molar-refractivity contribution in [3.8, 4) is 0 Å². The molecule has 1 fully saturated rings. The van der Waals surface area contributed by atoms with Gasteiger partial charge in [-0.05, 0) is 45.2 Å². The van der Waals surface area contributed by atoms with E-state index in [1.807, 2.05) is 39.1 Å². The van der Waals surface area contributed by atoms with E-state index in [4.69, 9.17) is 9.47 Å². The SMILES string of the molecule is COC(=O)C1=C(C)NC(C)=C(C(=O)OCCN(C)Cc2ccccc2)C1C1CCCCC1. The van der Waals surface area contributed by atoms with Crippen molar-refractivity contribution in [2.45, 2.75) is 52.5 Å². The molecule has 1 aromatic carbocycles. The molecule has 1 aliphatic heterocycles. The number of nitrogens with one attached hydrogen (secondary N) is 1. The van der Waals surface area contributed by atoms with Crippen molar-refractivity contribution in [2.24, 2.45) is 11.8 Å². The highest BCUT2D eigenvalue weighted by molar-refractivity contribution is 5.97. The monoisotopic (exact) mass is 440 g/mol. The molecule has 1 heterocycles. The fraction of sp³-hybridized carbons (Fsp3) is 0.538. The zero-order chi connectivity index (χ0) is 23.1. The molecule has 1 saturated carbocycles. The number of hydrogen-bond acceptors (Lipinski definition) is 6. The van der Waals surface area contributed by atoms with Gasteiger partial charge in [0, 0.05) is 30.4 Å². The van der Waals surface area contributed by atoms with Crippen LogP contribution in [0.4, 0.5) is 0 Å². The van der Waals surface area contributed by atoms with Gasteiger partial charge in [0.2, 0.25) is 0 Å². The van der Waals surface area contributed by atoms with Crippen LogP contribution in [0.15, 0.2) is 52.9 Å². The molecule has 1 aliphatic carbocycles. The number of allylic oxidation sites excluding steroid dienone is 2. The van der Waals surface area contributed by atoms with Crippen LogP contribution in [0.1, 0.15) is 51.5 Å². The summed E-state index contributed by atoms with van der Waals surface area (Å²) >= 11 is 0. The number of hydrogen-bond donors (Lipinski definition) is 1. The minimum atomic E-state index is -0.369. The van der Waals surface area contributed by atoms with Crippen LogP contribution >= 0.6 is 0 Å². The molecule has 0 aromatic heterocycles. The number of esters is 2. The van der Waals surface area contributed by atoms with Gasteiger partial charge in [0.25, 0.3) is 0 Å². The maximum absolute atomic E-state index is 13.3. The molecule has 0 saturated heterocycles. The van der Waals surface area contributed by atoms with Crippen molar-refractivity contribution in [2.75, 3.05) is 27.3 Å². The third-order valence-corrected chi connectivity index (χ3v) is 6.55. The number of dihydropyridines is 1. The Kier molecular flexibility index (Phi) is 8.51. The standard InChI is InChI=1S/C26H36N2O4/c1-18-22(25(29)31-4)24(21-13-9-6-10-14-21)23(19(2)27-18)26(30)32-16-15-28(3)17-20-11-7-5-8-12-20/h5,7-8,11-12,21,24,27H,6,9-10,13-17H2,1-4H3. The number of rotatable bonds is 8. The Balaban J connectivity index is 1.70. The molecule has 1 aromatic rings. The highest BCUT2D eigenvalue weighted by Gasteiger charge is 2.41. The van der Waals surface area contributed by atoms with Crippen LogP contribution in [0.3, 0.4) is 0 Å². The molecule has 1 unspecified atom stereocenters. The lowest BCUT2D eigenvalue weighted by molar-refractivity contribution is -0.140. The molecule has 32 heavy (non-hydrogen) atoms.